The predicted octanol–water partition coefficient (Wildman–Crippen LogP) is 3.54. The van der Waals surface area contributed by atoms with Crippen LogP contribution in [-0.2, 0) is 4.74 Å². The average molecular weight is 265 g/mol. The summed E-state index contributed by atoms with van der Waals surface area (Å²) in [4.78, 5) is 0. The maximum Gasteiger partial charge on any atom is 0.123 e. The van der Waals surface area contributed by atoms with Crippen molar-refractivity contribution in [3.8, 4) is 0 Å². The minimum absolute atomic E-state index is 0.0316. The van der Waals surface area contributed by atoms with Gasteiger partial charge in [0.25, 0.3) is 0 Å². The first-order valence-corrected chi connectivity index (χ1v) is 7.24. The van der Waals surface area contributed by atoms with Gasteiger partial charge < -0.3 is 10.1 Å². The first-order chi connectivity index (χ1) is 9.16. The third kappa shape index (κ3) is 4.29. The van der Waals surface area contributed by atoms with Crippen LogP contribution < -0.4 is 5.32 Å². The zero-order valence-electron chi connectivity index (χ0n) is 11.9. The molecule has 2 unspecified atom stereocenters. The molecule has 1 heterocycles. The van der Waals surface area contributed by atoms with E-state index in [0.717, 1.165) is 38.1 Å². The minimum atomic E-state index is -0.180. The van der Waals surface area contributed by atoms with Gasteiger partial charge in [-0.25, -0.2) is 4.39 Å². The molecule has 2 atom stereocenters. The Morgan fingerprint density at radius 1 is 1.42 bits per heavy atom. The SMILES string of the molecule is CC(C)CNCC1CCCOC1c1cccc(F)c1. The van der Waals surface area contributed by atoms with Crippen molar-refractivity contribution in [1.29, 1.82) is 0 Å². The average Bonchev–Trinajstić information content (AvgIpc) is 2.39. The molecular formula is C16H24FNO. The quantitative estimate of drug-likeness (QED) is 0.879. The van der Waals surface area contributed by atoms with Crippen molar-refractivity contribution in [2.24, 2.45) is 11.8 Å². The first kappa shape index (κ1) is 14.5. The van der Waals surface area contributed by atoms with Gasteiger partial charge in [0.2, 0.25) is 0 Å². The fraction of sp³-hybridized carbons (Fsp3) is 0.625. The lowest BCUT2D eigenvalue weighted by molar-refractivity contribution is -0.0280. The molecule has 1 N–H and O–H groups in total. The second-order valence-electron chi connectivity index (χ2n) is 5.80. The molecule has 1 aliphatic heterocycles. The van der Waals surface area contributed by atoms with E-state index in [9.17, 15) is 4.39 Å². The Morgan fingerprint density at radius 2 is 2.26 bits per heavy atom. The minimum Gasteiger partial charge on any atom is -0.373 e. The lowest BCUT2D eigenvalue weighted by atomic mass is 9.89. The molecule has 1 fully saturated rings. The van der Waals surface area contributed by atoms with Crippen LogP contribution in [-0.4, -0.2) is 19.7 Å². The summed E-state index contributed by atoms with van der Waals surface area (Å²) < 4.78 is 19.2. The molecule has 0 saturated carbocycles. The van der Waals surface area contributed by atoms with E-state index in [4.69, 9.17) is 4.74 Å². The summed E-state index contributed by atoms with van der Waals surface area (Å²) in [5.74, 6) is 0.909. The molecular weight excluding hydrogens is 241 g/mol. The van der Waals surface area contributed by atoms with Gasteiger partial charge in [-0.15, -0.1) is 0 Å². The maximum atomic E-state index is 13.3. The summed E-state index contributed by atoms with van der Waals surface area (Å²) in [5, 5.41) is 3.50. The van der Waals surface area contributed by atoms with E-state index < -0.39 is 0 Å². The molecule has 0 radical (unpaired) electrons. The topological polar surface area (TPSA) is 21.3 Å². The van der Waals surface area contributed by atoms with Crippen molar-refractivity contribution < 1.29 is 9.13 Å². The van der Waals surface area contributed by atoms with Crippen molar-refractivity contribution >= 4 is 0 Å². The highest BCUT2D eigenvalue weighted by Crippen LogP contribution is 2.33. The Bertz CT molecular complexity index is 394. The van der Waals surface area contributed by atoms with E-state index in [-0.39, 0.29) is 11.9 Å². The van der Waals surface area contributed by atoms with E-state index in [1.54, 1.807) is 12.1 Å². The molecule has 0 bridgehead atoms. The first-order valence-electron chi connectivity index (χ1n) is 7.24. The molecule has 19 heavy (non-hydrogen) atoms. The van der Waals surface area contributed by atoms with Crippen LogP contribution in [0, 0.1) is 17.7 Å². The van der Waals surface area contributed by atoms with Crippen molar-refractivity contribution in [1.82, 2.24) is 5.32 Å². The number of ether oxygens (including phenoxy) is 1. The van der Waals surface area contributed by atoms with Gasteiger partial charge in [-0.2, -0.15) is 0 Å². The molecule has 2 rings (SSSR count). The summed E-state index contributed by atoms with van der Waals surface area (Å²) in [6.45, 7) is 7.15. The molecule has 0 aliphatic carbocycles. The normalized spacial score (nSPS) is 23.8. The van der Waals surface area contributed by atoms with Gasteiger partial charge in [-0.1, -0.05) is 26.0 Å². The van der Waals surface area contributed by atoms with Crippen LogP contribution in [0.3, 0.4) is 0 Å². The van der Waals surface area contributed by atoms with E-state index >= 15 is 0 Å². The van der Waals surface area contributed by atoms with Crippen molar-refractivity contribution in [2.75, 3.05) is 19.7 Å². The van der Waals surface area contributed by atoms with Crippen LogP contribution in [0.25, 0.3) is 0 Å². The smallest absolute Gasteiger partial charge is 0.123 e. The summed E-state index contributed by atoms with van der Waals surface area (Å²) in [5.41, 5.74) is 0.969. The molecule has 2 nitrogen and oxygen atoms in total. The summed E-state index contributed by atoms with van der Waals surface area (Å²) in [6.07, 6.45) is 2.27. The fourth-order valence-corrected chi connectivity index (χ4v) is 2.66. The van der Waals surface area contributed by atoms with Gasteiger partial charge >= 0.3 is 0 Å². The Balaban J connectivity index is 1.99. The number of hydrogen-bond donors (Lipinski definition) is 1. The van der Waals surface area contributed by atoms with Crippen LogP contribution in [0.2, 0.25) is 0 Å². The summed E-state index contributed by atoms with van der Waals surface area (Å²) in [6, 6.07) is 6.82. The zero-order valence-corrected chi connectivity index (χ0v) is 11.9. The number of nitrogens with one attached hydrogen (secondary N) is 1. The Hall–Kier alpha value is -0.930. The number of benzene rings is 1. The van der Waals surface area contributed by atoms with E-state index in [2.05, 4.69) is 19.2 Å². The maximum absolute atomic E-state index is 13.3. The van der Waals surface area contributed by atoms with Crippen LogP contribution in [0.4, 0.5) is 4.39 Å². The molecule has 1 aromatic carbocycles. The molecule has 1 aliphatic rings. The Labute approximate surface area is 115 Å². The molecule has 1 saturated heterocycles. The van der Waals surface area contributed by atoms with Crippen molar-refractivity contribution in [3.05, 3.63) is 35.6 Å². The van der Waals surface area contributed by atoms with Crippen LogP contribution in [0.1, 0.15) is 38.4 Å². The summed E-state index contributed by atoms with van der Waals surface area (Å²) in [7, 11) is 0. The lowest BCUT2D eigenvalue weighted by Gasteiger charge is -2.32. The van der Waals surface area contributed by atoms with Gasteiger partial charge in [-0.3, -0.25) is 0 Å². The van der Waals surface area contributed by atoms with Gasteiger partial charge in [-0.05, 0) is 43.0 Å². The molecule has 1 aromatic rings. The van der Waals surface area contributed by atoms with Gasteiger partial charge in [0.15, 0.2) is 0 Å². The largest absolute Gasteiger partial charge is 0.373 e. The zero-order chi connectivity index (χ0) is 13.7. The highest BCUT2D eigenvalue weighted by atomic mass is 19.1. The third-order valence-electron chi connectivity index (χ3n) is 3.58. The Morgan fingerprint density at radius 3 is 3.00 bits per heavy atom. The molecule has 106 valence electrons. The lowest BCUT2D eigenvalue weighted by Crippen LogP contribution is -2.33. The van der Waals surface area contributed by atoms with Crippen molar-refractivity contribution in [2.45, 2.75) is 32.8 Å². The second kappa shape index (κ2) is 7.01. The van der Waals surface area contributed by atoms with Gasteiger partial charge in [0.1, 0.15) is 5.82 Å². The number of rotatable bonds is 5. The molecule has 0 aromatic heterocycles. The van der Waals surface area contributed by atoms with E-state index in [1.807, 2.05) is 6.07 Å². The molecule has 0 spiro atoms. The van der Waals surface area contributed by atoms with Crippen LogP contribution in [0.5, 0.6) is 0 Å². The number of halogens is 1. The molecule has 0 amide bonds. The van der Waals surface area contributed by atoms with Crippen molar-refractivity contribution in [3.63, 3.8) is 0 Å². The highest BCUT2D eigenvalue weighted by Gasteiger charge is 2.27. The van der Waals surface area contributed by atoms with Gasteiger partial charge in [0, 0.05) is 19.1 Å². The fourth-order valence-electron chi connectivity index (χ4n) is 2.66. The monoisotopic (exact) mass is 265 g/mol. The van der Waals surface area contributed by atoms with Crippen LogP contribution in [0.15, 0.2) is 24.3 Å². The standard InChI is InChI=1S/C16H24FNO/c1-12(2)10-18-11-14-6-4-8-19-16(14)13-5-3-7-15(17)9-13/h3,5,7,9,12,14,16,18H,4,6,8,10-11H2,1-2H3. The second-order valence-corrected chi connectivity index (χ2v) is 5.80. The highest BCUT2D eigenvalue weighted by molar-refractivity contribution is 5.20. The number of hydrogen-bond acceptors (Lipinski definition) is 2. The van der Waals surface area contributed by atoms with E-state index in [0.29, 0.717) is 11.8 Å². The van der Waals surface area contributed by atoms with Gasteiger partial charge in [0.05, 0.1) is 6.10 Å². The Kier molecular flexibility index (Phi) is 5.34. The van der Waals surface area contributed by atoms with E-state index in [1.165, 1.54) is 6.07 Å². The third-order valence-corrected chi connectivity index (χ3v) is 3.58. The molecule has 3 heteroatoms. The predicted molar refractivity (Wildman–Crippen MR) is 75.5 cm³/mol. The summed E-state index contributed by atoms with van der Waals surface area (Å²) >= 11 is 0. The van der Waals surface area contributed by atoms with Crippen LogP contribution >= 0.6 is 0 Å².